The second-order valence-electron chi connectivity index (χ2n) is 7.87. The van der Waals surface area contributed by atoms with Crippen LogP contribution in [0.1, 0.15) is 20.3 Å². The maximum Gasteiger partial charge on any atom is 0.279 e. The zero-order valence-corrected chi connectivity index (χ0v) is 16.9. The van der Waals surface area contributed by atoms with Gasteiger partial charge in [0.25, 0.3) is 5.91 Å². The number of morpholine rings is 1. The lowest BCUT2D eigenvalue weighted by molar-refractivity contribution is -0.904. The first-order valence-corrected chi connectivity index (χ1v) is 11.1. The van der Waals surface area contributed by atoms with Crippen LogP contribution in [-0.4, -0.2) is 64.6 Å². The molecule has 0 spiro atoms. The lowest BCUT2D eigenvalue weighted by atomic mass is 9.92. The first-order valence-electron chi connectivity index (χ1n) is 9.66. The summed E-state index contributed by atoms with van der Waals surface area (Å²) in [7, 11) is -3.51. The number of nitrogens with zero attached hydrogens (tertiary/aromatic N) is 1. The smallest absolute Gasteiger partial charge is 0.279 e. The molecule has 7 nitrogen and oxygen atoms in total. The fourth-order valence-corrected chi connectivity index (χ4v) is 5.55. The molecule has 2 heterocycles. The summed E-state index contributed by atoms with van der Waals surface area (Å²) in [6.07, 6.45) is 1.23. The average Bonchev–Trinajstić information content (AvgIpc) is 2.62. The van der Waals surface area contributed by atoms with Crippen molar-refractivity contribution in [2.45, 2.75) is 25.2 Å². The van der Waals surface area contributed by atoms with E-state index in [0.29, 0.717) is 50.4 Å². The fourth-order valence-electron chi connectivity index (χ4n) is 4.15. The van der Waals surface area contributed by atoms with Crippen molar-refractivity contribution in [1.82, 2.24) is 4.31 Å². The number of sulfonamides is 1. The van der Waals surface area contributed by atoms with Crippen LogP contribution in [0, 0.1) is 11.8 Å². The predicted molar refractivity (Wildman–Crippen MR) is 103 cm³/mol. The van der Waals surface area contributed by atoms with Crippen LogP contribution in [0.3, 0.4) is 0 Å². The third-order valence-electron chi connectivity index (χ3n) is 5.24. The van der Waals surface area contributed by atoms with Gasteiger partial charge in [0.1, 0.15) is 0 Å². The molecule has 2 aliphatic rings. The Labute approximate surface area is 161 Å². The molecule has 2 saturated heterocycles. The van der Waals surface area contributed by atoms with Crippen LogP contribution >= 0.6 is 0 Å². The summed E-state index contributed by atoms with van der Waals surface area (Å²) in [5.41, 5.74) is 0.624. The predicted octanol–water partition coefficient (Wildman–Crippen LogP) is 0.207. The molecule has 1 amide bonds. The van der Waals surface area contributed by atoms with Crippen LogP contribution in [0.2, 0.25) is 0 Å². The van der Waals surface area contributed by atoms with Gasteiger partial charge in [-0.3, -0.25) is 4.79 Å². The highest BCUT2D eigenvalue weighted by Crippen LogP contribution is 2.19. The summed E-state index contributed by atoms with van der Waals surface area (Å²) in [6.45, 7) is 8.55. The van der Waals surface area contributed by atoms with Crippen molar-refractivity contribution in [3.05, 3.63) is 24.3 Å². The molecule has 2 atom stereocenters. The summed E-state index contributed by atoms with van der Waals surface area (Å²) in [4.78, 5) is 13.9. The minimum atomic E-state index is -3.51. The number of quaternary nitrogens is 1. The Morgan fingerprint density at radius 1 is 1.15 bits per heavy atom. The summed E-state index contributed by atoms with van der Waals surface area (Å²) < 4.78 is 31.9. The van der Waals surface area contributed by atoms with E-state index < -0.39 is 10.0 Å². The van der Waals surface area contributed by atoms with Crippen molar-refractivity contribution < 1.29 is 22.8 Å². The number of nitrogens with one attached hydrogen (secondary N) is 2. The van der Waals surface area contributed by atoms with Gasteiger partial charge in [0.2, 0.25) is 10.0 Å². The normalized spacial score (nSPS) is 27.3. The third kappa shape index (κ3) is 5.28. The molecule has 0 unspecified atom stereocenters. The lowest BCUT2D eigenvalue weighted by Gasteiger charge is -2.31. The highest BCUT2D eigenvalue weighted by Gasteiger charge is 2.28. The minimum absolute atomic E-state index is 0.0323. The van der Waals surface area contributed by atoms with Gasteiger partial charge in [0.15, 0.2) is 6.54 Å². The molecule has 1 aromatic carbocycles. The number of anilines is 1. The van der Waals surface area contributed by atoms with E-state index in [4.69, 9.17) is 4.74 Å². The van der Waals surface area contributed by atoms with Crippen molar-refractivity contribution in [2.24, 2.45) is 11.8 Å². The van der Waals surface area contributed by atoms with Crippen molar-refractivity contribution in [3.63, 3.8) is 0 Å². The molecule has 0 aliphatic carbocycles. The number of carbonyl (C=O) groups is 1. The number of carbonyl (C=O) groups excluding carboxylic acids is 1. The number of piperidine rings is 1. The van der Waals surface area contributed by atoms with Gasteiger partial charge in [-0.1, -0.05) is 13.8 Å². The van der Waals surface area contributed by atoms with Gasteiger partial charge in [0, 0.05) is 30.6 Å². The van der Waals surface area contributed by atoms with Gasteiger partial charge in [-0.25, -0.2) is 8.42 Å². The first kappa shape index (κ1) is 20.3. The molecule has 0 aromatic heterocycles. The average molecular weight is 397 g/mol. The number of hydrogen-bond donors (Lipinski definition) is 2. The van der Waals surface area contributed by atoms with Gasteiger partial charge in [0.05, 0.1) is 31.2 Å². The SMILES string of the molecule is C[C@H]1C[C@H](C)C[NH+](CC(=O)Nc2ccc(S(=O)(=O)N3CCOCC3)cc2)C1. The first-order chi connectivity index (χ1) is 12.8. The Hall–Kier alpha value is -1.48. The molecule has 8 heteroatoms. The van der Waals surface area contributed by atoms with Gasteiger partial charge in [-0.05, 0) is 30.7 Å². The van der Waals surface area contributed by atoms with E-state index in [0.717, 1.165) is 13.1 Å². The Kier molecular flexibility index (Phi) is 6.52. The van der Waals surface area contributed by atoms with E-state index in [9.17, 15) is 13.2 Å². The minimum Gasteiger partial charge on any atom is -0.379 e. The monoisotopic (exact) mass is 396 g/mol. The Morgan fingerprint density at radius 2 is 1.74 bits per heavy atom. The molecule has 0 saturated carbocycles. The molecule has 27 heavy (non-hydrogen) atoms. The van der Waals surface area contributed by atoms with Crippen LogP contribution in [0.4, 0.5) is 5.69 Å². The molecule has 2 N–H and O–H groups in total. The van der Waals surface area contributed by atoms with Crippen molar-refractivity contribution in [2.75, 3.05) is 51.3 Å². The van der Waals surface area contributed by atoms with Crippen LogP contribution in [0.25, 0.3) is 0 Å². The Balaban J connectivity index is 1.58. The van der Waals surface area contributed by atoms with Crippen molar-refractivity contribution in [1.29, 1.82) is 0 Å². The molecule has 2 fully saturated rings. The maximum atomic E-state index is 12.6. The molecule has 150 valence electrons. The molecular weight excluding hydrogens is 366 g/mol. The molecule has 2 aliphatic heterocycles. The van der Waals surface area contributed by atoms with Gasteiger partial charge >= 0.3 is 0 Å². The largest absolute Gasteiger partial charge is 0.379 e. The van der Waals surface area contributed by atoms with E-state index in [2.05, 4.69) is 19.2 Å². The highest BCUT2D eigenvalue weighted by molar-refractivity contribution is 7.89. The summed E-state index contributed by atoms with van der Waals surface area (Å²) >= 11 is 0. The molecular formula is C19H30N3O4S+. The number of rotatable bonds is 5. The van der Waals surface area contributed by atoms with Crippen LogP contribution in [0.15, 0.2) is 29.2 Å². The van der Waals surface area contributed by atoms with Crippen molar-refractivity contribution >= 4 is 21.6 Å². The maximum absolute atomic E-state index is 12.6. The van der Waals surface area contributed by atoms with E-state index >= 15 is 0 Å². The standard InChI is InChI=1S/C19H29N3O4S/c1-15-11-16(2)13-21(12-15)14-19(23)20-17-3-5-18(6-4-17)27(24,25)22-7-9-26-10-8-22/h3-6,15-16H,7-14H2,1-2H3,(H,20,23)/p+1/t15-,16-/m0/s1. The van der Waals surface area contributed by atoms with E-state index in [1.165, 1.54) is 15.6 Å². The van der Waals surface area contributed by atoms with Crippen molar-refractivity contribution in [3.8, 4) is 0 Å². The Bertz CT molecular complexity index is 735. The fraction of sp³-hybridized carbons (Fsp3) is 0.632. The number of amides is 1. The quantitative estimate of drug-likeness (QED) is 0.746. The molecule has 0 radical (unpaired) electrons. The topological polar surface area (TPSA) is 80.2 Å². The zero-order chi connectivity index (χ0) is 19.4. The number of hydrogen-bond acceptors (Lipinski definition) is 4. The number of benzene rings is 1. The van der Waals surface area contributed by atoms with E-state index in [-0.39, 0.29) is 10.8 Å². The summed E-state index contributed by atoms with van der Waals surface area (Å²) in [6, 6.07) is 6.42. The van der Waals surface area contributed by atoms with Crippen LogP contribution in [0.5, 0.6) is 0 Å². The molecule has 1 aromatic rings. The second kappa shape index (κ2) is 8.68. The highest BCUT2D eigenvalue weighted by atomic mass is 32.2. The summed E-state index contributed by atoms with van der Waals surface area (Å²) in [5.74, 6) is 1.25. The number of ether oxygens (including phenoxy) is 1. The molecule has 0 bridgehead atoms. The lowest BCUT2D eigenvalue weighted by Crippen LogP contribution is -3.15. The van der Waals surface area contributed by atoms with E-state index in [1.807, 2.05) is 0 Å². The van der Waals surface area contributed by atoms with E-state index in [1.54, 1.807) is 24.3 Å². The number of likely N-dealkylation sites (tertiary alicyclic amines) is 1. The van der Waals surface area contributed by atoms with Crippen LogP contribution in [-0.2, 0) is 19.6 Å². The Morgan fingerprint density at radius 3 is 2.33 bits per heavy atom. The van der Waals surface area contributed by atoms with Gasteiger partial charge in [-0.15, -0.1) is 0 Å². The summed E-state index contributed by atoms with van der Waals surface area (Å²) in [5, 5.41) is 2.89. The van der Waals surface area contributed by atoms with Crippen LogP contribution < -0.4 is 10.2 Å². The van der Waals surface area contributed by atoms with Gasteiger partial charge in [-0.2, -0.15) is 4.31 Å². The zero-order valence-electron chi connectivity index (χ0n) is 16.1. The van der Waals surface area contributed by atoms with Gasteiger partial charge < -0.3 is 15.0 Å². The third-order valence-corrected chi connectivity index (χ3v) is 7.15. The molecule has 3 rings (SSSR count). The second-order valence-corrected chi connectivity index (χ2v) is 9.81.